The molecular formula is C7H12ClN3O2. The second-order valence-electron chi connectivity index (χ2n) is 2.40. The Bertz CT molecular complexity index is 274. The Hall–Kier alpha value is -1.10. The molecule has 1 aromatic heterocycles. The molecule has 1 aromatic rings. The molecular weight excluding hydrogens is 194 g/mol. The van der Waals surface area contributed by atoms with Gasteiger partial charge in [-0.25, -0.2) is 9.36 Å². The van der Waals surface area contributed by atoms with Crippen molar-refractivity contribution in [2.75, 3.05) is 6.61 Å². The standard InChI is InChI=1S/C7H12N3O2.ClH/c1-3-12-7(11)4-10-5-8-9(2)6-10;/h5-6H,3-4H2,1-2H3;1H/q+1;/p-1. The molecule has 0 spiro atoms. The van der Waals surface area contributed by atoms with Crippen molar-refractivity contribution in [3.05, 3.63) is 12.7 Å². The minimum absolute atomic E-state index is 0. The Kier molecular flexibility index (Phi) is 5.06. The van der Waals surface area contributed by atoms with Crippen LogP contribution in [0.5, 0.6) is 0 Å². The highest BCUT2D eigenvalue weighted by Gasteiger charge is 2.07. The molecule has 13 heavy (non-hydrogen) atoms. The molecule has 6 heteroatoms. The number of hydrogen-bond acceptors (Lipinski definition) is 3. The Balaban J connectivity index is 0.00000144. The van der Waals surface area contributed by atoms with Crippen LogP contribution in [0.25, 0.3) is 0 Å². The van der Waals surface area contributed by atoms with E-state index >= 15 is 0 Å². The van der Waals surface area contributed by atoms with Crippen LogP contribution in [0.4, 0.5) is 0 Å². The fourth-order valence-electron chi connectivity index (χ4n) is 0.859. The van der Waals surface area contributed by atoms with Gasteiger partial charge in [-0.3, -0.25) is 0 Å². The molecule has 0 N–H and O–H groups in total. The number of hydrogen-bond donors (Lipinski definition) is 0. The summed E-state index contributed by atoms with van der Waals surface area (Å²) in [5.74, 6) is -0.240. The lowest BCUT2D eigenvalue weighted by atomic mass is 10.6. The summed E-state index contributed by atoms with van der Waals surface area (Å²) in [5, 5.41) is 3.90. The van der Waals surface area contributed by atoms with Gasteiger partial charge in [-0.2, -0.15) is 0 Å². The minimum atomic E-state index is -0.240. The van der Waals surface area contributed by atoms with Crippen LogP contribution >= 0.6 is 0 Å². The van der Waals surface area contributed by atoms with Gasteiger partial charge in [0, 0.05) is 5.10 Å². The SMILES string of the molecule is CCOC(=O)C[n+]1cnn(C)c1.[Cl-]. The van der Waals surface area contributed by atoms with E-state index in [-0.39, 0.29) is 24.9 Å². The zero-order valence-electron chi connectivity index (χ0n) is 7.61. The van der Waals surface area contributed by atoms with Gasteiger partial charge in [-0.15, -0.1) is 4.68 Å². The first kappa shape index (κ1) is 11.9. The lowest BCUT2D eigenvalue weighted by molar-refractivity contribution is -0.686. The molecule has 0 aliphatic carbocycles. The van der Waals surface area contributed by atoms with Gasteiger partial charge in [0.1, 0.15) is 0 Å². The van der Waals surface area contributed by atoms with Crippen LogP contribution in [-0.2, 0) is 23.1 Å². The molecule has 0 atom stereocenters. The number of carbonyl (C=O) groups excluding carboxylic acids is 1. The maximum absolute atomic E-state index is 10.9. The molecule has 0 aliphatic heterocycles. The fourth-order valence-corrected chi connectivity index (χ4v) is 0.859. The van der Waals surface area contributed by atoms with E-state index in [1.54, 1.807) is 35.9 Å². The third-order valence-corrected chi connectivity index (χ3v) is 1.31. The van der Waals surface area contributed by atoms with E-state index in [0.717, 1.165) is 0 Å². The van der Waals surface area contributed by atoms with Gasteiger partial charge >= 0.3 is 5.97 Å². The first-order chi connectivity index (χ1) is 5.72. The lowest BCUT2D eigenvalue weighted by Gasteiger charge is -1.97. The van der Waals surface area contributed by atoms with Crippen LogP contribution in [-0.4, -0.2) is 22.4 Å². The maximum Gasteiger partial charge on any atom is 0.340 e. The van der Waals surface area contributed by atoms with Crippen LogP contribution in [0.15, 0.2) is 12.7 Å². The molecule has 1 heterocycles. The van der Waals surface area contributed by atoms with Crippen molar-refractivity contribution in [2.24, 2.45) is 7.05 Å². The van der Waals surface area contributed by atoms with E-state index in [4.69, 9.17) is 4.74 Å². The van der Waals surface area contributed by atoms with E-state index in [9.17, 15) is 4.79 Å². The number of carbonyl (C=O) groups is 1. The summed E-state index contributed by atoms with van der Waals surface area (Å²) in [7, 11) is 1.79. The third kappa shape index (κ3) is 3.89. The third-order valence-electron chi connectivity index (χ3n) is 1.31. The number of nitrogens with zero attached hydrogens (tertiary/aromatic N) is 3. The fraction of sp³-hybridized carbons (Fsp3) is 0.571. The van der Waals surface area contributed by atoms with Gasteiger partial charge in [0.15, 0.2) is 6.54 Å². The Morgan fingerprint density at radius 3 is 2.85 bits per heavy atom. The number of aromatic nitrogens is 3. The first-order valence-corrected chi connectivity index (χ1v) is 3.75. The minimum Gasteiger partial charge on any atom is -1.00 e. The summed E-state index contributed by atoms with van der Waals surface area (Å²) in [6.07, 6.45) is 3.30. The average Bonchev–Trinajstić information content (AvgIpc) is 2.36. The highest BCUT2D eigenvalue weighted by atomic mass is 35.5. The van der Waals surface area contributed by atoms with Crippen molar-refractivity contribution in [1.82, 2.24) is 9.78 Å². The second-order valence-corrected chi connectivity index (χ2v) is 2.40. The van der Waals surface area contributed by atoms with Crippen molar-refractivity contribution in [1.29, 1.82) is 0 Å². The summed E-state index contributed by atoms with van der Waals surface area (Å²) in [5.41, 5.74) is 0. The molecule has 0 fully saturated rings. The van der Waals surface area contributed by atoms with Crippen molar-refractivity contribution < 1.29 is 26.5 Å². The Labute approximate surface area is 82.7 Å². The average molecular weight is 206 g/mol. The zero-order valence-corrected chi connectivity index (χ0v) is 8.36. The van der Waals surface area contributed by atoms with Gasteiger partial charge in [-0.05, 0) is 6.92 Å². The summed E-state index contributed by atoms with van der Waals surface area (Å²) in [6, 6.07) is 0. The van der Waals surface area contributed by atoms with Crippen molar-refractivity contribution in [2.45, 2.75) is 13.5 Å². The molecule has 0 amide bonds. The zero-order chi connectivity index (χ0) is 8.97. The van der Waals surface area contributed by atoms with Gasteiger partial charge in [-0.1, -0.05) is 0 Å². The van der Waals surface area contributed by atoms with E-state index in [1.165, 1.54) is 0 Å². The highest BCUT2D eigenvalue weighted by molar-refractivity contribution is 5.67. The van der Waals surface area contributed by atoms with Crippen molar-refractivity contribution in [3.63, 3.8) is 0 Å². The molecule has 5 nitrogen and oxygen atoms in total. The number of rotatable bonds is 3. The predicted molar refractivity (Wildman–Crippen MR) is 40.0 cm³/mol. The smallest absolute Gasteiger partial charge is 0.340 e. The number of ether oxygens (including phenoxy) is 1. The number of esters is 1. The van der Waals surface area contributed by atoms with Crippen LogP contribution in [0.3, 0.4) is 0 Å². The Morgan fingerprint density at radius 2 is 2.38 bits per heavy atom. The van der Waals surface area contributed by atoms with E-state index in [0.29, 0.717) is 6.61 Å². The number of halogens is 1. The van der Waals surface area contributed by atoms with Gasteiger partial charge in [0.05, 0.1) is 13.7 Å². The van der Waals surface area contributed by atoms with E-state index in [2.05, 4.69) is 5.10 Å². The quantitative estimate of drug-likeness (QED) is 0.377. The second kappa shape index (κ2) is 5.53. The van der Waals surface area contributed by atoms with Gasteiger partial charge in [0.2, 0.25) is 6.33 Å². The van der Waals surface area contributed by atoms with Crippen LogP contribution in [0.1, 0.15) is 6.92 Å². The molecule has 74 valence electrons. The van der Waals surface area contributed by atoms with Crippen molar-refractivity contribution in [3.8, 4) is 0 Å². The topological polar surface area (TPSA) is 48.0 Å². The summed E-state index contributed by atoms with van der Waals surface area (Å²) < 4.78 is 8.05. The molecule has 0 aliphatic rings. The van der Waals surface area contributed by atoms with Gasteiger partial charge in [0.25, 0.3) is 6.33 Å². The van der Waals surface area contributed by atoms with Crippen LogP contribution in [0.2, 0.25) is 0 Å². The van der Waals surface area contributed by atoms with Crippen LogP contribution in [0, 0.1) is 0 Å². The predicted octanol–water partition coefficient (Wildman–Crippen LogP) is -3.73. The monoisotopic (exact) mass is 205 g/mol. The molecule has 0 radical (unpaired) electrons. The van der Waals surface area contributed by atoms with Crippen LogP contribution < -0.4 is 17.0 Å². The summed E-state index contributed by atoms with van der Waals surface area (Å²) >= 11 is 0. The molecule has 1 rings (SSSR count). The Morgan fingerprint density at radius 1 is 1.69 bits per heavy atom. The normalized spacial score (nSPS) is 9.08. The largest absolute Gasteiger partial charge is 1.00 e. The molecule has 0 unspecified atom stereocenters. The summed E-state index contributed by atoms with van der Waals surface area (Å²) in [4.78, 5) is 10.9. The summed E-state index contributed by atoms with van der Waals surface area (Å²) in [6.45, 7) is 2.42. The molecule has 0 aromatic carbocycles. The maximum atomic E-state index is 10.9. The van der Waals surface area contributed by atoms with E-state index < -0.39 is 0 Å². The number of aryl methyl sites for hydroxylation is 1. The highest BCUT2D eigenvalue weighted by Crippen LogP contribution is 1.78. The van der Waals surface area contributed by atoms with Gasteiger partial charge < -0.3 is 17.1 Å². The molecule has 0 bridgehead atoms. The first-order valence-electron chi connectivity index (χ1n) is 3.75. The molecule has 0 saturated heterocycles. The lowest BCUT2D eigenvalue weighted by Crippen LogP contribution is -3.00. The molecule has 0 saturated carbocycles. The van der Waals surface area contributed by atoms with Crippen molar-refractivity contribution >= 4 is 5.97 Å². The van der Waals surface area contributed by atoms with E-state index in [1.807, 2.05) is 0 Å².